The van der Waals surface area contributed by atoms with E-state index in [0.29, 0.717) is 5.95 Å². The number of thiazole rings is 1. The lowest BCUT2D eigenvalue weighted by molar-refractivity contribution is 0.0197. The molecule has 1 fully saturated rings. The van der Waals surface area contributed by atoms with Crippen LogP contribution < -0.4 is 10.6 Å². The molecule has 0 amide bonds. The quantitative estimate of drug-likeness (QED) is 0.322. The van der Waals surface area contributed by atoms with Crippen LogP contribution in [-0.2, 0) is 0 Å². The Bertz CT molecular complexity index is 1280. The predicted molar refractivity (Wildman–Crippen MR) is 139 cm³/mol. The molecule has 3 heterocycles. The highest BCUT2D eigenvalue weighted by atomic mass is 32.1. The van der Waals surface area contributed by atoms with Crippen LogP contribution in [0.15, 0.2) is 42.6 Å². The van der Waals surface area contributed by atoms with Gasteiger partial charge in [-0.3, -0.25) is 4.98 Å². The van der Waals surface area contributed by atoms with Gasteiger partial charge in [0.2, 0.25) is 5.95 Å². The number of fused-ring (bicyclic) bond motifs is 1. The normalized spacial score (nSPS) is 18.4. The molecule has 7 nitrogen and oxygen atoms in total. The number of nitrogens with zero attached hydrogens (tertiary/aromatic N) is 4. The summed E-state index contributed by atoms with van der Waals surface area (Å²) in [5.41, 5.74) is 3.97. The predicted octanol–water partition coefficient (Wildman–Crippen LogP) is 5.86. The maximum Gasteiger partial charge on any atom is 0.229 e. The summed E-state index contributed by atoms with van der Waals surface area (Å²) in [7, 11) is 0. The van der Waals surface area contributed by atoms with Crippen LogP contribution in [0.2, 0.25) is 0 Å². The second-order valence-electron chi connectivity index (χ2n) is 9.71. The Morgan fingerprint density at radius 1 is 1.03 bits per heavy atom. The van der Waals surface area contributed by atoms with Gasteiger partial charge >= 0.3 is 0 Å². The fourth-order valence-corrected chi connectivity index (χ4v) is 5.66. The van der Waals surface area contributed by atoms with Gasteiger partial charge in [0.25, 0.3) is 0 Å². The molecule has 0 aliphatic heterocycles. The van der Waals surface area contributed by atoms with Gasteiger partial charge in [-0.25, -0.2) is 9.97 Å². The molecule has 0 radical (unpaired) electrons. The molecule has 8 heteroatoms. The molecule has 176 valence electrons. The van der Waals surface area contributed by atoms with Crippen molar-refractivity contribution in [3.05, 3.63) is 54.0 Å². The molecule has 0 spiro atoms. The van der Waals surface area contributed by atoms with Crippen LogP contribution in [0.3, 0.4) is 0 Å². The summed E-state index contributed by atoms with van der Waals surface area (Å²) in [5, 5.41) is 18.4. The molecule has 1 aromatic carbocycles. The van der Waals surface area contributed by atoms with Crippen molar-refractivity contribution in [2.75, 3.05) is 10.6 Å². The molecular formula is C26H30N6OS. The minimum atomic E-state index is -0.679. The Hall–Kier alpha value is -3.10. The van der Waals surface area contributed by atoms with Crippen LogP contribution in [0.5, 0.6) is 0 Å². The minimum absolute atomic E-state index is 0.234. The molecule has 1 aliphatic carbocycles. The monoisotopic (exact) mass is 474 g/mol. The van der Waals surface area contributed by atoms with Gasteiger partial charge in [-0.1, -0.05) is 12.1 Å². The summed E-state index contributed by atoms with van der Waals surface area (Å²) in [6.07, 6.45) is 4.73. The number of benzene rings is 1. The van der Waals surface area contributed by atoms with Crippen molar-refractivity contribution in [1.82, 2.24) is 19.9 Å². The molecule has 34 heavy (non-hydrogen) atoms. The zero-order chi connectivity index (χ0) is 23.9. The second-order valence-corrected chi connectivity index (χ2v) is 10.7. The molecule has 0 bridgehead atoms. The second kappa shape index (κ2) is 8.92. The average molecular weight is 475 g/mol. The van der Waals surface area contributed by atoms with Crippen molar-refractivity contribution in [3.8, 4) is 10.6 Å². The van der Waals surface area contributed by atoms with Crippen molar-refractivity contribution in [2.24, 2.45) is 5.92 Å². The summed E-state index contributed by atoms with van der Waals surface area (Å²) in [6, 6.07) is 12.3. The van der Waals surface area contributed by atoms with E-state index in [1.807, 2.05) is 64.2 Å². The molecule has 3 aromatic heterocycles. The van der Waals surface area contributed by atoms with Crippen LogP contribution in [0.4, 0.5) is 17.5 Å². The highest BCUT2D eigenvalue weighted by Gasteiger charge is 2.35. The topological polar surface area (TPSA) is 95.9 Å². The lowest BCUT2D eigenvalue weighted by atomic mass is 9.89. The van der Waals surface area contributed by atoms with Gasteiger partial charge in [0, 0.05) is 29.3 Å². The van der Waals surface area contributed by atoms with Crippen LogP contribution in [-0.4, -0.2) is 36.7 Å². The van der Waals surface area contributed by atoms with Crippen molar-refractivity contribution in [1.29, 1.82) is 0 Å². The van der Waals surface area contributed by atoms with Gasteiger partial charge in [-0.2, -0.15) is 4.98 Å². The Morgan fingerprint density at radius 3 is 2.50 bits per heavy atom. The largest absolute Gasteiger partial charge is 0.390 e. The zero-order valence-electron chi connectivity index (χ0n) is 20.0. The summed E-state index contributed by atoms with van der Waals surface area (Å²) >= 11 is 1.64. The maximum absolute atomic E-state index is 10.5. The van der Waals surface area contributed by atoms with Crippen molar-refractivity contribution in [2.45, 2.75) is 58.6 Å². The summed E-state index contributed by atoms with van der Waals surface area (Å²) < 4.78 is 1.14. The number of nitrogens with one attached hydrogen (secondary N) is 2. The fraction of sp³-hybridized carbons (Fsp3) is 0.385. The molecule has 5 rings (SSSR count). The van der Waals surface area contributed by atoms with E-state index < -0.39 is 5.60 Å². The van der Waals surface area contributed by atoms with E-state index in [0.717, 1.165) is 62.9 Å². The molecular weight excluding hydrogens is 444 g/mol. The van der Waals surface area contributed by atoms with Gasteiger partial charge in [-0.05, 0) is 77.1 Å². The number of aliphatic hydroxyl groups is 1. The van der Waals surface area contributed by atoms with Crippen molar-refractivity contribution in [3.63, 3.8) is 0 Å². The fourth-order valence-electron chi connectivity index (χ4n) is 4.68. The van der Waals surface area contributed by atoms with Gasteiger partial charge in [0.15, 0.2) is 0 Å². The molecule has 1 aliphatic rings. The van der Waals surface area contributed by atoms with Crippen LogP contribution in [0.1, 0.15) is 44.5 Å². The van der Waals surface area contributed by atoms with Gasteiger partial charge < -0.3 is 15.7 Å². The van der Waals surface area contributed by atoms with E-state index in [2.05, 4.69) is 26.7 Å². The first kappa shape index (κ1) is 22.7. The van der Waals surface area contributed by atoms with E-state index >= 15 is 0 Å². The maximum atomic E-state index is 10.5. The zero-order valence-corrected chi connectivity index (χ0v) is 20.8. The minimum Gasteiger partial charge on any atom is -0.390 e. The number of rotatable bonds is 6. The van der Waals surface area contributed by atoms with Crippen LogP contribution >= 0.6 is 11.3 Å². The molecule has 0 saturated heterocycles. The third kappa shape index (κ3) is 4.88. The number of hydrogen-bond donors (Lipinski definition) is 3. The van der Waals surface area contributed by atoms with Gasteiger partial charge in [0.05, 0.1) is 21.4 Å². The molecule has 1 saturated carbocycles. The Morgan fingerprint density at radius 2 is 1.79 bits per heavy atom. The first-order valence-electron chi connectivity index (χ1n) is 11.7. The molecule has 3 N–H and O–H groups in total. The number of anilines is 3. The lowest BCUT2D eigenvalue weighted by Gasteiger charge is -2.25. The van der Waals surface area contributed by atoms with E-state index in [4.69, 9.17) is 9.97 Å². The highest BCUT2D eigenvalue weighted by Crippen LogP contribution is 2.38. The molecule has 1 unspecified atom stereocenters. The van der Waals surface area contributed by atoms with Crippen molar-refractivity contribution >= 4 is 39.0 Å². The number of aromatic nitrogens is 4. The molecule has 2 atom stereocenters. The van der Waals surface area contributed by atoms with Gasteiger partial charge in [-0.15, -0.1) is 11.3 Å². The van der Waals surface area contributed by atoms with Crippen molar-refractivity contribution < 1.29 is 5.11 Å². The first-order valence-corrected chi connectivity index (χ1v) is 12.5. The standard InChI is InChI=1S/C26H30N6OS/c1-15-11-19(12-16(2)28-15)30-25-27-14-20(24-31-21-7-5-6-8-22(21)34-24)23(32-25)29-18-10-9-17(13-18)26(3,4)33/h5-8,11-12,14,17-18,33H,9-10,13H2,1-4H3,(H2,27,28,29,30,32)/t17-,18?/m1/s1. The number of pyridine rings is 1. The summed E-state index contributed by atoms with van der Waals surface area (Å²) in [6.45, 7) is 7.75. The molecule has 4 aromatic rings. The van der Waals surface area contributed by atoms with Crippen LogP contribution in [0, 0.1) is 19.8 Å². The average Bonchev–Trinajstić information content (AvgIpc) is 3.40. The Kier molecular flexibility index (Phi) is 5.95. The summed E-state index contributed by atoms with van der Waals surface area (Å²) in [4.78, 5) is 18.8. The number of hydrogen-bond acceptors (Lipinski definition) is 8. The van der Waals surface area contributed by atoms with E-state index in [-0.39, 0.29) is 12.0 Å². The summed E-state index contributed by atoms with van der Waals surface area (Å²) in [5.74, 6) is 1.55. The van der Waals surface area contributed by atoms with E-state index in [1.54, 1.807) is 11.3 Å². The number of aryl methyl sites for hydroxylation is 2. The van der Waals surface area contributed by atoms with Gasteiger partial charge in [0.1, 0.15) is 10.8 Å². The Labute approximate surface area is 203 Å². The smallest absolute Gasteiger partial charge is 0.229 e. The lowest BCUT2D eigenvalue weighted by Crippen LogP contribution is -2.30. The SMILES string of the molecule is Cc1cc(Nc2ncc(-c3nc4ccccc4s3)c(NC3CC[C@@H](C(C)(C)O)C3)n2)cc(C)n1. The van der Waals surface area contributed by atoms with Crippen LogP contribution in [0.25, 0.3) is 20.8 Å². The highest BCUT2D eigenvalue weighted by molar-refractivity contribution is 7.21. The first-order chi connectivity index (χ1) is 16.2. The number of para-hydroxylation sites is 1. The van der Waals surface area contributed by atoms with E-state index in [9.17, 15) is 5.11 Å². The van der Waals surface area contributed by atoms with E-state index in [1.165, 1.54) is 0 Å². The third-order valence-electron chi connectivity index (χ3n) is 6.42. The Balaban J connectivity index is 1.49. The third-order valence-corrected chi connectivity index (χ3v) is 7.49.